The summed E-state index contributed by atoms with van der Waals surface area (Å²) < 4.78 is 0. The summed E-state index contributed by atoms with van der Waals surface area (Å²) in [4.78, 5) is 29.2. The van der Waals surface area contributed by atoms with Gasteiger partial charge in [0.2, 0.25) is 0 Å². The van der Waals surface area contributed by atoms with E-state index in [9.17, 15) is 9.59 Å². The van der Waals surface area contributed by atoms with E-state index in [4.69, 9.17) is 0 Å². The number of nitrogens with one attached hydrogen (secondary N) is 1. The summed E-state index contributed by atoms with van der Waals surface area (Å²) in [5, 5.41) is 3.03. The van der Waals surface area contributed by atoms with Gasteiger partial charge in [0.15, 0.2) is 0 Å². The molecule has 0 fully saturated rings. The van der Waals surface area contributed by atoms with Gasteiger partial charge in [-0.1, -0.05) is 6.92 Å². The third-order valence-corrected chi connectivity index (χ3v) is 2.82. The van der Waals surface area contributed by atoms with E-state index >= 15 is 0 Å². The minimum atomic E-state index is -0.235. The zero-order chi connectivity index (χ0) is 12.4. The lowest BCUT2D eigenvalue weighted by molar-refractivity contribution is 0.0633. The van der Waals surface area contributed by atoms with Crippen LogP contribution in [-0.4, -0.2) is 41.8 Å². The smallest absolute Gasteiger partial charge is 0.263 e. The van der Waals surface area contributed by atoms with Crippen LogP contribution in [0, 0.1) is 5.92 Å². The van der Waals surface area contributed by atoms with Crippen molar-refractivity contribution in [2.45, 2.75) is 6.92 Å². The van der Waals surface area contributed by atoms with Crippen LogP contribution in [0.3, 0.4) is 0 Å². The van der Waals surface area contributed by atoms with E-state index < -0.39 is 0 Å². The number of rotatable bonds is 4. The van der Waals surface area contributed by atoms with E-state index in [-0.39, 0.29) is 17.7 Å². The average molecular weight is 233 g/mol. The van der Waals surface area contributed by atoms with Gasteiger partial charge in [-0.25, -0.2) is 0 Å². The van der Waals surface area contributed by atoms with Crippen LogP contribution in [-0.2, 0) is 0 Å². The van der Waals surface area contributed by atoms with Crippen molar-refractivity contribution in [1.29, 1.82) is 0 Å². The van der Waals surface area contributed by atoms with Crippen LogP contribution < -0.4 is 5.32 Å². The van der Waals surface area contributed by atoms with Crippen LogP contribution in [0.2, 0.25) is 0 Å². The van der Waals surface area contributed by atoms with Crippen molar-refractivity contribution >= 4 is 11.8 Å². The van der Waals surface area contributed by atoms with Gasteiger partial charge in [0.05, 0.1) is 11.1 Å². The topological polar surface area (TPSA) is 62.3 Å². The van der Waals surface area contributed by atoms with E-state index in [2.05, 4.69) is 10.3 Å². The average Bonchev–Trinajstić information content (AvgIpc) is 2.56. The number of amides is 2. The Morgan fingerprint density at radius 3 is 2.71 bits per heavy atom. The Morgan fingerprint density at radius 1 is 1.35 bits per heavy atom. The van der Waals surface area contributed by atoms with Crippen LogP contribution in [0.1, 0.15) is 27.6 Å². The Labute approximate surface area is 99.8 Å². The summed E-state index contributed by atoms with van der Waals surface area (Å²) in [6, 6.07) is 1.60. The molecule has 5 nitrogen and oxygen atoms in total. The fourth-order valence-corrected chi connectivity index (χ4v) is 2.02. The molecule has 2 heterocycles. The molecule has 5 heteroatoms. The van der Waals surface area contributed by atoms with Crippen LogP contribution >= 0.6 is 0 Å². The molecule has 0 saturated heterocycles. The lowest BCUT2D eigenvalue weighted by atomic mass is 10.1. The van der Waals surface area contributed by atoms with Gasteiger partial charge in [0.1, 0.15) is 0 Å². The minimum Gasteiger partial charge on any atom is -0.319 e. The predicted molar refractivity (Wildman–Crippen MR) is 62.7 cm³/mol. The number of carbonyl (C=O) groups excluding carboxylic acids is 2. The molecule has 1 unspecified atom stereocenters. The van der Waals surface area contributed by atoms with Crippen molar-refractivity contribution in [1.82, 2.24) is 15.2 Å². The first-order valence-corrected chi connectivity index (χ1v) is 5.60. The molecule has 17 heavy (non-hydrogen) atoms. The third kappa shape index (κ3) is 2.06. The fraction of sp³-hybridized carbons (Fsp3) is 0.417. The Balaban J connectivity index is 2.19. The zero-order valence-corrected chi connectivity index (χ0v) is 9.93. The number of fused-ring (bicyclic) bond motifs is 1. The molecule has 1 aromatic heterocycles. The van der Waals surface area contributed by atoms with E-state index in [1.54, 1.807) is 6.07 Å². The Kier molecular flexibility index (Phi) is 3.19. The van der Waals surface area contributed by atoms with Crippen molar-refractivity contribution in [3.8, 4) is 0 Å². The molecule has 1 N–H and O–H groups in total. The minimum absolute atomic E-state index is 0.213. The largest absolute Gasteiger partial charge is 0.319 e. The molecule has 0 spiro atoms. The normalized spacial score (nSPS) is 16.2. The number of imide groups is 1. The second-order valence-corrected chi connectivity index (χ2v) is 4.31. The lowest BCUT2D eigenvalue weighted by Crippen LogP contribution is -2.36. The third-order valence-electron chi connectivity index (χ3n) is 2.82. The van der Waals surface area contributed by atoms with Crippen molar-refractivity contribution in [3.63, 3.8) is 0 Å². The summed E-state index contributed by atoms with van der Waals surface area (Å²) in [6.07, 6.45) is 2.99. The molecule has 1 aliphatic rings. The molecule has 1 aliphatic heterocycles. The summed E-state index contributed by atoms with van der Waals surface area (Å²) >= 11 is 0. The van der Waals surface area contributed by atoms with Crippen LogP contribution in [0.15, 0.2) is 18.5 Å². The molecule has 1 aromatic rings. The number of hydrogen-bond acceptors (Lipinski definition) is 4. The molecule has 0 bridgehead atoms. The molecular formula is C12H15N3O2. The van der Waals surface area contributed by atoms with Crippen molar-refractivity contribution < 1.29 is 9.59 Å². The van der Waals surface area contributed by atoms with Gasteiger partial charge >= 0.3 is 0 Å². The SMILES string of the molecule is CNCC(C)CN1C(=O)c2ccncc2C1=O. The van der Waals surface area contributed by atoms with E-state index in [1.807, 2.05) is 14.0 Å². The maximum absolute atomic E-state index is 12.0. The standard InChI is InChI=1S/C12H15N3O2/c1-8(5-13-2)7-15-11(16)9-3-4-14-6-10(9)12(15)17/h3-4,6,8,13H,5,7H2,1-2H3. The number of carbonyl (C=O) groups is 2. The van der Waals surface area contributed by atoms with E-state index in [0.29, 0.717) is 17.7 Å². The highest BCUT2D eigenvalue weighted by atomic mass is 16.2. The molecule has 2 rings (SSSR count). The highest BCUT2D eigenvalue weighted by Gasteiger charge is 2.35. The van der Waals surface area contributed by atoms with Crippen LogP contribution in [0.25, 0.3) is 0 Å². The summed E-state index contributed by atoms with van der Waals surface area (Å²) in [5.74, 6) is -0.216. The first kappa shape index (κ1) is 11.7. The number of nitrogens with zero attached hydrogens (tertiary/aromatic N) is 2. The van der Waals surface area contributed by atoms with Gasteiger partial charge in [-0.05, 0) is 25.6 Å². The van der Waals surface area contributed by atoms with Gasteiger partial charge in [-0.2, -0.15) is 0 Å². The maximum Gasteiger partial charge on any atom is 0.263 e. The predicted octanol–water partition coefficient (Wildman–Crippen LogP) is 0.533. The lowest BCUT2D eigenvalue weighted by Gasteiger charge is -2.18. The second-order valence-electron chi connectivity index (χ2n) is 4.31. The molecule has 0 aliphatic carbocycles. The molecule has 0 saturated carbocycles. The molecule has 2 amide bonds. The van der Waals surface area contributed by atoms with E-state index in [0.717, 1.165) is 6.54 Å². The zero-order valence-electron chi connectivity index (χ0n) is 9.93. The first-order chi connectivity index (χ1) is 8.15. The van der Waals surface area contributed by atoms with Gasteiger partial charge in [-0.15, -0.1) is 0 Å². The quantitative estimate of drug-likeness (QED) is 0.771. The molecule has 0 aromatic carbocycles. The fourth-order valence-electron chi connectivity index (χ4n) is 2.02. The maximum atomic E-state index is 12.0. The van der Waals surface area contributed by atoms with E-state index in [1.165, 1.54) is 17.3 Å². The Bertz CT molecular complexity index is 424. The monoisotopic (exact) mass is 233 g/mol. The highest BCUT2D eigenvalue weighted by molar-refractivity contribution is 6.21. The molecular weight excluding hydrogens is 218 g/mol. The second kappa shape index (κ2) is 4.63. The summed E-state index contributed by atoms with van der Waals surface area (Å²) in [6.45, 7) is 3.21. The van der Waals surface area contributed by atoms with Gasteiger partial charge in [0.25, 0.3) is 11.8 Å². The highest BCUT2D eigenvalue weighted by Crippen LogP contribution is 2.22. The Hall–Kier alpha value is -1.75. The number of hydrogen-bond donors (Lipinski definition) is 1. The number of aromatic nitrogens is 1. The van der Waals surface area contributed by atoms with Gasteiger partial charge < -0.3 is 5.32 Å². The van der Waals surface area contributed by atoms with Crippen molar-refractivity contribution in [3.05, 3.63) is 29.6 Å². The van der Waals surface area contributed by atoms with Crippen LogP contribution in [0.4, 0.5) is 0 Å². The van der Waals surface area contributed by atoms with Crippen molar-refractivity contribution in [2.24, 2.45) is 5.92 Å². The van der Waals surface area contributed by atoms with Crippen LogP contribution in [0.5, 0.6) is 0 Å². The molecule has 0 radical (unpaired) electrons. The summed E-state index contributed by atoms with van der Waals surface area (Å²) in [5.41, 5.74) is 0.871. The van der Waals surface area contributed by atoms with Gasteiger partial charge in [0, 0.05) is 18.9 Å². The first-order valence-electron chi connectivity index (χ1n) is 5.60. The molecule has 90 valence electrons. The van der Waals surface area contributed by atoms with Gasteiger partial charge in [-0.3, -0.25) is 19.5 Å². The Morgan fingerprint density at radius 2 is 2.06 bits per heavy atom. The van der Waals surface area contributed by atoms with Crippen molar-refractivity contribution in [2.75, 3.05) is 20.1 Å². The number of pyridine rings is 1. The molecule has 1 atom stereocenters. The summed E-state index contributed by atoms with van der Waals surface area (Å²) in [7, 11) is 1.85.